The Bertz CT molecular complexity index is 4070. The fourth-order valence-electron chi connectivity index (χ4n) is 9.28. The topological polar surface area (TPSA) is 134 Å². The SMILES string of the molecule is c1ccc([Si]2c3ccncc3-c3cnccc32)cc1.c1ccc2c(c1)c1cccc3c4ccccc4n2c13.c1ccc2ncncc2c1.c1ccc2nonc2c1.c1ccc2nsnc2c1.c1ccc2scnc2c1. The van der Waals surface area contributed by atoms with Crippen molar-refractivity contribution in [3.8, 4) is 11.1 Å². The van der Waals surface area contributed by atoms with Crippen molar-refractivity contribution in [1.29, 1.82) is 0 Å². The Hall–Kier alpha value is -9.47. The first-order chi connectivity index (χ1) is 37.3. The lowest BCUT2D eigenvalue weighted by Gasteiger charge is -2.10. The van der Waals surface area contributed by atoms with Gasteiger partial charge in [-0.2, -0.15) is 8.75 Å². The summed E-state index contributed by atoms with van der Waals surface area (Å²) in [5, 5.41) is 18.0. The van der Waals surface area contributed by atoms with Crippen molar-refractivity contribution in [2.45, 2.75) is 0 Å². The van der Waals surface area contributed by atoms with Crippen LogP contribution in [0.25, 0.3) is 92.4 Å². The number of hydrogen-bond acceptors (Lipinski definition) is 12. The number of benzene rings is 8. The summed E-state index contributed by atoms with van der Waals surface area (Å²) in [6, 6.07) is 70.4. The van der Waals surface area contributed by atoms with Crippen LogP contribution in [0.3, 0.4) is 0 Å². The highest BCUT2D eigenvalue weighted by Crippen LogP contribution is 2.38. The van der Waals surface area contributed by atoms with Crippen molar-refractivity contribution >= 4 is 129 Å². The van der Waals surface area contributed by atoms with E-state index in [1.807, 2.05) is 127 Å². The summed E-state index contributed by atoms with van der Waals surface area (Å²) in [4.78, 5) is 20.7. The molecule has 0 saturated carbocycles. The molecule has 0 bridgehead atoms. The van der Waals surface area contributed by atoms with Crippen molar-refractivity contribution in [2.75, 3.05) is 0 Å². The number of hydrogen-bond donors (Lipinski definition) is 0. The van der Waals surface area contributed by atoms with Crippen molar-refractivity contribution in [3.63, 3.8) is 0 Å². The summed E-state index contributed by atoms with van der Waals surface area (Å²) in [5.74, 6) is 0. The summed E-state index contributed by atoms with van der Waals surface area (Å²) in [7, 11) is -0.883. The molecule has 8 aromatic carbocycles. The van der Waals surface area contributed by atoms with Crippen LogP contribution in [0.1, 0.15) is 0 Å². The van der Waals surface area contributed by atoms with E-state index in [4.69, 9.17) is 0 Å². The summed E-state index contributed by atoms with van der Waals surface area (Å²) in [5.41, 5.74) is 14.0. The lowest BCUT2D eigenvalue weighted by atomic mass is 10.1. The number of pyridine rings is 2. The molecule has 0 atom stereocenters. The van der Waals surface area contributed by atoms with Crippen LogP contribution in [-0.2, 0) is 0 Å². The van der Waals surface area contributed by atoms with E-state index in [0.717, 1.165) is 38.5 Å². The van der Waals surface area contributed by atoms with Gasteiger partial charge in [-0.3, -0.25) is 9.97 Å². The maximum atomic E-state index is 4.46. The summed E-state index contributed by atoms with van der Waals surface area (Å²) < 4.78 is 16.2. The maximum Gasteiger partial charge on any atom is 0.156 e. The first-order valence-corrected chi connectivity index (χ1v) is 27.1. The van der Waals surface area contributed by atoms with Gasteiger partial charge in [-0.15, -0.1) is 11.3 Å². The second kappa shape index (κ2) is 21.7. The fourth-order valence-corrected chi connectivity index (χ4v) is 13.3. The summed E-state index contributed by atoms with van der Waals surface area (Å²) in [6.07, 6.45) is 11.1. The smallest absolute Gasteiger partial charge is 0.156 e. The monoisotopic (exact) mass is 1020 g/mol. The number of nitrogens with zero attached hydrogens (tertiary/aromatic N) is 10. The van der Waals surface area contributed by atoms with Crippen LogP contribution in [0.15, 0.2) is 254 Å². The van der Waals surface area contributed by atoms with Gasteiger partial charge in [0.05, 0.1) is 49.5 Å². The molecule has 0 unspecified atom stereocenters. The molecule has 9 heterocycles. The quantitative estimate of drug-likeness (QED) is 0.146. The lowest BCUT2D eigenvalue weighted by molar-refractivity contribution is 0.315. The molecule has 0 N–H and O–H groups in total. The molecular formula is C61H41N10OS2Si. The minimum Gasteiger partial charge on any atom is -0.308 e. The first kappa shape index (κ1) is 46.6. The van der Waals surface area contributed by atoms with E-state index in [0.29, 0.717) is 0 Å². The van der Waals surface area contributed by atoms with Crippen LogP contribution < -0.4 is 15.6 Å². The third-order valence-corrected chi connectivity index (χ3v) is 16.9. The lowest BCUT2D eigenvalue weighted by Crippen LogP contribution is -2.48. The molecule has 16 aromatic rings. The molecule has 14 heteroatoms. The number of fused-ring (bicyclic) bond motifs is 13. The summed E-state index contributed by atoms with van der Waals surface area (Å²) >= 11 is 2.93. The number of rotatable bonds is 1. The van der Waals surface area contributed by atoms with Gasteiger partial charge in [0.2, 0.25) is 0 Å². The molecule has 1 aliphatic heterocycles. The van der Waals surface area contributed by atoms with Crippen LogP contribution >= 0.6 is 23.1 Å². The van der Waals surface area contributed by atoms with E-state index in [9.17, 15) is 0 Å². The molecule has 17 rings (SSSR count). The van der Waals surface area contributed by atoms with E-state index < -0.39 is 8.80 Å². The van der Waals surface area contributed by atoms with E-state index in [1.165, 1.54) is 81.2 Å². The highest BCUT2D eigenvalue weighted by Gasteiger charge is 2.31. The van der Waals surface area contributed by atoms with Crippen molar-refractivity contribution in [3.05, 3.63) is 249 Å². The van der Waals surface area contributed by atoms with Gasteiger partial charge >= 0.3 is 0 Å². The zero-order valence-corrected chi connectivity index (χ0v) is 42.5. The zero-order valence-electron chi connectivity index (χ0n) is 39.9. The summed E-state index contributed by atoms with van der Waals surface area (Å²) in [6.45, 7) is 0. The second-order valence-corrected chi connectivity index (χ2v) is 20.9. The minimum absolute atomic E-state index is 0.803. The molecule has 0 fully saturated rings. The normalized spacial score (nSPS) is 11.4. The van der Waals surface area contributed by atoms with E-state index >= 15 is 0 Å². The Kier molecular flexibility index (Phi) is 13.5. The first-order valence-electron chi connectivity index (χ1n) is 24.0. The molecule has 1 radical (unpaired) electrons. The Morgan fingerprint density at radius 2 is 0.933 bits per heavy atom. The minimum atomic E-state index is -0.883. The van der Waals surface area contributed by atoms with Gasteiger partial charge in [0.25, 0.3) is 0 Å². The van der Waals surface area contributed by atoms with Gasteiger partial charge in [0, 0.05) is 69.0 Å². The largest absolute Gasteiger partial charge is 0.308 e. The highest BCUT2D eigenvalue weighted by atomic mass is 32.1. The predicted molar refractivity (Wildman–Crippen MR) is 308 cm³/mol. The average molecular weight is 1020 g/mol. The van der Waals surface area contributed by atoms with Gasteiger partial charge in [-0.1, -0.05) is 145 Å². The third-order valence-electron chi connectivity index (χ3n) is 12.6. The molecule has 357 valence electrons. The van der Waals surface area contributed by atoms with Gasteiger partial charge in [-0.05, 0) is 87.4 Å². The van der Waals surface area contributed by atoms with Crippen LogP contribution in [-0.4, -0.2) is 57.2 Å². The van der Waals surface area contributed by atoms with Gasteiger partial charge in [0.1, 0.15) is 28.4 Å². The molecule has 0 aliphatic carbocycles. The number of para-hydroxylation sites is 5. The Labute approximate surface area is 439 Å². The Morgan fingerprint density at radius 3 is 1.55 bits per heavy atom. The fraction of sp³-hybridized carbons (Fsp3) is 0. The predicted octanol–water partition coefficient (Wildman–Crippen LogP) is 12.7. The van der Waals surface area contributed by atoms with Crippen molar-refractivity contribution < 1.29 is 4.63 Å². The van der Waals surface area contributed by atoms with Crippen LogP contribution in [0, 0.1) is 0 Å². The molecule has 1 aliphatic rings. The Morgan fingerprint density at radius 1 is 0.413 bits per heavy atom. The van der Waals surface area contributed by atoms with E-state index in [2.05, 4.69) is 168 Å². The van der Waals surface area contributed by atoms with Crippen LogP contribution in [0.5, 0.6) is 0 Å². The molecule has 0 spiro atoms. The molecule has 8 aromatic heterocycles. The number of thiazole rings is 1. The Balaban J connectivity index is 0.0000000944. The van der Waals surface area contributed by atoms with Gasteiger partial charge < -0.3 is 4.40 Å². The second-order valence-electron chi connectivity index (χ2n) is 17.1. The zero-order chi connectivity index (χ0) is 50.2. The molecular weight excluding hydrogens is 981 g/mol. The van der Waals surface area contributed by atoms with Gasteiger partial charge in [0.15, 0.2) is 8.80 Å². The van der Waals surface area contributed by atoms with E-state index in [-0.39, 0.29) is 0 Å². The molecule has 0 saturated heterocycles. The standard InChI is InChI=1S/C18H11N.C16H11N2Si.C8H6N2.C7H5NS.C6H4N2O.C6H4N2S/c1-3-10-16-12(6-1)14-8-5-9-15-13-7-2-4-11-17(13)19(16)18(14)15;1-2-4-12(5-3-1)19-15-6-8-17-10-13(15)14-11-18-9-7-16(14)19;1-2-4-8-7(3-1)5-9-6-10-8;1-2-4-7-6(3-1)8-5-9-7;2*1-2-4-6-5(3-1)7-9-8-6/h2*1-11H;1-6H;1-5H;2*1-4H. The highest BCUT2D eigenvalue weighted by molar-refractivity contribution is 7.16. The number of aromatic nitrogens is 10. The van der Waals surface area contributed by atoms with Crippen molar-refractivity contribution in [2.24, 2.45) is 0 Å². The third kappa shape index (κ3) is 9.67. The van der Waals surface area contributed by atoms with Crippen LogP contribution in [0.4, 0.5) is 0 Å². The molecule has 75 heavy (non-hydrogen) atoms. The van der Waals surface area contributed by atoms with Crippen molar-refractivity contribution in [1.82, 2.24) is 48.4 Å². The van der Waals surface area contributed by atoms with Gasteiger partial charge in [-0.25, -0.2) is 19.6 Å². The van der Waals surface area contributed by atoms with E-state index in [1.54, 1.807) is 17.7 Å². The maximum absolute atomic E-state index is 4.46. The average Bonchev–Trinajstić information content (AvgIpc) is 4.45. The molecule has 0 amide bonds. The molecule has 11 nitrogen and oxygen atoms in total. The van der Waals surface area contributed by atoms with Crippen LogP contribution in [0.2, 0.25) is 0 Å².